The molecule has 2 aromatic carbocycles. The molecule has 3 aliphatic heterocycles. The minimum atomic E-state index is -0.552. The van der Waals surface area contributed by atoms with Crippen LogP contribution in [-0.4, -0.2) is 99.0 Å². The number of aliphatic hydroxyl groups is 1. The van der Waals surface area contributed by atoms with Gasteiger partial charge in [-0.25, -0.2) is 0 Å². The molecule has 2 saturated heterocycles. The van der Waals surface area contributed by atoms with Crippen LogP contribution in [0.4, 0.5) is 0 Å². The lowest BCUT2D eigenvalue weighted by Crippen LogP contribution is -2.49. The fourth-order valence-corrected chi connectivity index (χ4v) is 7.76. The number of ether oxygens (including phenoxy) is 4. The highest BCUT2D eigenvalue weighted by atomic mass is 16.7. The zero-order valence-electron chi connectivity index (χ0n) is 26.8. The number of allylic oxidation sites excluding steroid dienone is 1. The van der Waals surface area contributed by atoms with Gasteiger partial charge in [-0.05, 0) is 92.4 Å². The first-order valence-corrected chi connectivity index (χ1v) is 17.2. The number of carbonyl (C=O) groups is 1. The van der Waals surface area contributed by atoms with E-state index in [-0.39, 0.29) is 24.3 Å². The highest BCUT2D eigenvalue weighted by molar-refractivity contribution is 5.92. The summed E-state index contributed by atoms with van der Waals surface area (Å²) in [5, 5.41) is 8.96. The number of benzene rings is 2. The highest BCUT2D eigenvalue weighted by Crippen LogP contribution is 2.46. The topological polar surface area (TPSA) is 80.7 Å². The van der Waals surface area contributed by atoms with Crippen molar-refractivity contribution in [3.05, 3.63) is 71.0 Å². The normalized spacial score (nSPS) is 23.7. The van der Waals surface area contributed by atoms with Crippen LogP contribution in [0, 0.1) is 5.92 Å². The highest BCUT2D eigenvalue weighted by Gasteiger charge is 2.41. The van der Waals surface area contributed by atoms with Crippen LogP contribution in [-0.2, 0) is 30.2 Å². The monoisotopic (exact) mass is 618 g/mol. The molecule has 3 atom stereocenters. The Kier molecular flexibility index (Phi) is 11.2. The number of aliphatic hydroxyl groups excluding tert-OH is 1. The molecule has 6 rings (SSSR count). The number of piperidine rings is 2. The summed E-state index contributed by atoms with van der Waals surface area (Å²) >= 11 is 0. The Labute approximate surface area is 268 Å². The molecule has 2 fully saturated rings. The fraction of sp³-hybridized carbons (Fsp3) is 0.595. The number of amides is 1. The first-order valence-electron chi connectivity index (χ1n) is 17.2. The van der Waals surface area contributed by atoms with E-state index in [0.29, 0.717) is 51.3 Å². The zero-order valence-corrected chi connectivity index (χ0v) is 26.8. The summed E-state index contributed by atoms with van der Waals surface area (Å²) in [6.07, 6.45) is 9.08. The maximum Gasteiger partial charge on any atom is 0.288 e. The van der Waals surface area contributed by atoms with Crippen LogP contribution in [0.2, 0.25) is 0 Å². The summed E-state index contributed by atoms with van der Waals surface area (Å²) in [5.74, 6) is 0.310. The van der Waals surface area contributed by atoms with Gasteiger partial charge in [0.2, 0.25) is 6.29 Å². The van der Waals surface area contributed by atoms with Gasteiger partial charge in [0.25, 0.3) is 5.91 Å². The fourth-order valence-electron chi connectivity index (χ4n) is 7.76. The van der Waals surface area contributed by atoms with Crippen molar-refractivity contribution in [2.75, 3.05) is 65.8 Å². The van der Waals surface area contributed by atoms with Gasteiger partial charge in [-0.15, -0.1) is 0 Å². The van der Waals surface area contributed by atoms with Crippen molar-refractivity contribution >= 4 is 5.91 Å². The van der Waals surface area contributed by atoms with Crippen molar-refractivity contribution in [1.82, 2.24) is 9.80 Å². The first kappa shape index (κ1) is 32.2. The van der Waals surface area contributed by atoms with Crippen molar-refractivity contribution in [3.8, 4) is 11.1 Å². The molecule has 0 spiro atoms. The zero-order chi connectivity index (χ0) is 31.0. The van der Waals surface area contributed by atoms with Gasteiger partial charge in [-0.2, -0.15) is 0 Å². The van der Waals surface area contributed by atoms with E-state index in [1.807, 2.05) is 11.8 Å². The van der Waals surface area contributed by atoms with E-state index in [0.717, 1.165) is 32.4 Å². The van der Waals surface area contributed by atoms with Crippen LogP contribution in [0.15, 0.2) is 54.3 Å². The summed E-state index contributed by atoms with van der Waals surface area (Å²) in [6, 6.07) is 15.8. The van der Waals surface area contributed by atoms with Gasteiger partial charge in [-0.3, -0.25) is 4.79 Å². The van der Waals surface area contributed by atoms with Crippen LogP contribution in [0.5, 0.6) is 0 Å². The standard InChI is InChI=1S/C37H50N2O6/c1-2-44-37-32(15-21-42-23-24-43-22-20-40)34(31-12-8-11-30-29-10-5-4-9-27(29)25-33(30)31)26-35(45-37)36(41)39-18-13-28(14-19-39)38-16-6-3-7-17-38/h4-5,8-12,26,28,32,34,37,40H,2-3,6-7,13-25H2,1H3/t32-,34+,37+/m0/s1. The van der Waals surface area contributed by atoms with Crippen LogP contribution >= 0.6 is 0 Å². The molecule has 3 heterocycles. The summed E-state index contributed by atoms with van der Waals surface area (Å²) in [5.41, 5.74) is 6.48. The molecule has 0 radical (unpaired) electrons. The molecule has 0 bridgehead atoms. The second-order valence-corrected chi connectivity index (χ2v) is 12.7. The van der Waals surface area contributed by atoms with E-state index >= 15 is 0 Å². The molecule has 1 N–H and O–H groups in total. The largest absolute Gasteiger partial charge is 0.459 e. The maximum atomic E-state index is 14.1. The van der Waals surface area contributed by atoms with Gasteiger partial charge in [0, 0.05) is 44.2 Å². The van der Waals surface area contributed by atoms with Gasteiger partial charge in [0.15, 0.2) is 5.76 Å². The SMILES string of the molecule is CCO[C@@H]1OC(C(=O)N2CCC(N3CCCCC3)CC2)=C[C@H](c2cccc3c2Cc2ccccc2-3)[C@@H]1CCOCCOCCO. The third kappa shape index (κ3) is 7.47. The molecule has 4 aliphatic rings. The van der Waals surface area contributed by atoms with Crippen molar-refractivity contribution in [2.24, 2.45) is 5.92 Å². The van der Waals surface area contributed by atoms with E-state index < -0.39 is 6.29 Å². The Bertz CT molecular complexity index is 1300. The number of hydrogen-bond acceptors (Lipinski definition) is 7. The van der Waals surface area contributed by atoms with E-state index in [4.69, 9.17) is 24.1 Å². The minimum Gasteiger partial charge on any atom is -0.459 e. The van der Waals surface area contributed by atoms with Gasteiger partial charge in [0.05, 0.1) is 26.4 Å². The van der Waals surface area contributed by atoms with Crippen molar-refractivity contribution < 1.29 is 28.8 Å². The molecule has 0 aromatic heterocycles. The number of nitrogens with zero attached hydrogens (tertiary/aromatic N) is 2. The minimum absolute atomic E-state index is 0.00619. The average Bonchev–Trinajstić information content (AvgIpc) is 3.47. The van der Waals surface area contributed by atoms with E-state index in [2.05, 4.69) is 53.4 Å². The Balaban J connectivity index is 1.24. The number of likely N-dealkylation sites (tertiary alicyclic amines) is 2. The average molecular weight is 619 g/mol. The number of hydrogen-bond donors (Lipinski definition) is 1. The van der Waals surface area contributed by atoms with Gasteiger partial charge >= 0.3 is 0 Å². The van der Waals surface area contributed by atoms with E-state index in [9.17, 15) is 4.79 Å². The number of rotatable bonds is 13. The van der Waals surface area contributed by atoms with Crippen molar-refractivity contribution in [3.63, 3.8) is 0 Å². The molecular weight excluding hydrogens is 568 g/mol. The molecule has 244 valence electrons. The van der Waals surface area contributed by atoms with Crippen molar-refractivity contribution in [1.29, 1.82) is 0 Å². The predicted molar refractivity (Wildman–Crippen MR) is 174 cm³/mol. The molecule has 8 nitrogen and oxygen atoms in total. The predicted octanol–water partition coefficient (Wildman–Crippen LogP) is 5.13. The molecule has 8 heteroatoms. The van der Waals surface area contributed by atoms with Gasteiger partial charge < -0.3 is 33.9 Å². The van der Waals surface area contributed by atoms with Crippen LogP contribution in [0.1, 0.15) is 68.1 Å². The quantitative estimate of drug-likeness (QED) is 0.266. The maximum absolute atomic E-state index is 14.1. The lowest BCUT2D eigenvalue weighted by atomic mass is 9.78. The van der Waals surface area contributed by atoms with Crippen molar-refractivity contribution in [2.45, 2.75) is 70.1 Å². The third-order valence-electron chi connectivity index (χ3n) is 10.0. The Morgan fingerprint density at radius 2 is 1.67 bits per heavy atom. The third-order valence-corrected chi connectivity index (χ3v) is 10.0. The Morgan fingerprint density at radius 1 is 0.911 bits per heavy atom. The van der Waals surface area contributed by atoms with Crippen LogP contribution < -0.4 is 0 Å². The molecule has 1 amide bonds. The smallest absolute Gasteiger partial charge is 0.288 e. The summed E-state index contributed by atoms with van der Waals surface area (Å²) in [4.78, 5) is 18.7. The number of carbonyl (C=O) groups excluding carboxylic acids is 1. The second-order valence-electron chi connectivity index (χ2n) is 12.7. The second kappa shape index (κ2) is 15.7. The molecule has 45 heavy (non-hydrogen) atoms. The molecule has 2 aromatic rings. The number of fused-ring (bicyclic) bond motifs is 3. The lowest BCUT2D eigenvalue weighted by molar-refractivity contribution is -0.172. The van der Waals surface area contributed by atoms with Gasteiger partial charge in [0.1, 0.15) is 0 Å². The molecule has 0 saturated carbocycles. The van der Waals surface area contributed by atoms with Crippen LogP contribution in [0.3, 0.4) is 0 Å². The van der Waals surface area contributed by atoms with E-state index in [1.54, 1.807) is 0 Å². The summed E-state index contributed by atoms with van der Waals surface area (Å²) in [7, 11) is 0. The molecular formula is C37H50N2O6. The molecule has 0 unspecified atom stereocenters. The van der Waals surface area contributed by atoms with Gasteiger partial charge in [-0.1, -0.05) is 48.9 Å². The Morgan fingerprint density at radius 3 is 2.44 bits per heavy atom. The Hall–Kier alpha value is -2.75. The first-order chi connectivity index (χ1) is 22.2. The summed E-state index contributed by atoms with van der Waals surface area (Å²) < 4.78 is 24.0. The molecule has 1 aliphatic carbocycles. The lowest BCUT2D eigenvalue weighted by Gasteiger charge is -2.42. The summed E-state index contributed by atoms with van der Waals surface area (Å²) in [6.45, 7) is 8.11. The van der Waals surface area contributed by atoms with Crippen LogP contribution in [0.25, 0.3) is 11.1 Å². The van der Waals surface area contributed by atoms with E-state index in [1.165, 1.54) is 60.2 Å².